The summed E-state index contributed by atoms with van der Waals surface area (Å²) in [5, 5.41) is 10.4. The molecule has 1 heterocycles. The molecule has 0 atom stereocenters. The minimum Gasteiger partial charge on any atom is -0.508 e. The largest absolute Gasteiger partial charge is 0.508 e. The summed E-state index contributed by atoms with van der Waals surface area (Å²) < 4.78 is 5.43. The van der Waals surface area contributed by atoms with Crippen molar-refractivity contribution in [2.75, 3.05) is 20.1 Å². The number of rotatable bonds is 19. The van der Waals surface area contributed by atoms with Crippen molar-refractivity contribution >= 4 is 16.8 Å². The van der Waals surface area contributed by atoms with Crippen molar-refractivity contribution in [2.45, 2.75) is 103 Å². The van der Waals surface area contributed by atoms with Crippen molar-refractivity contribution in [3.05, 3.63) is 30.0 Å². The molecule has 0 aliphatic rings. The maximum absolute atomic E-state index is 12.5. The standard InChI is InChI=1S/C28H45NO3/c1-3-4-5-6-9-12-15-20-29(2)21-16-13-10-7-8-11-14-17-27(31)26-23-32-28-19-18-24(30)22-25(26)28/h18-19,22-23,30H,3-17,20-21H2,1-2H3. The van der Waals surface area contributed by atoms with Crippen molar-refractivity contribution in [1.29, 1.82) is 0 Å². The number of unbranched alkanes of at least 4 members (excludes halogenated alkanes) is 12. The number of nitrogens with zero attached hydrogens (tertiary/aromatic N) is 1. The van der Waals surface area contributed by atoms with Crippen molar-refractivity contribution < 1.29 is 14.3 Å². The fourth-order valence-electron chi connectivity index (χ4n) is 4.37. The Kier molecular flexibility index (Phi) is 13.1. The van der Waals surface area contributed by atoms with Gasteiger partial charge in [0.2, 0.25) is 0 Å². The number of benzene rings is 1. The van der Waals surface area contributed by atoms with Crippen LogP contribution in [0.1, 0.15) is 114 Å². The minimum atomic E-state index is 0.110. The number of aromatic hydroxyl groups is 1. The van der Waals surface area contributed by atoms with Crippen molar-refractivity contribution in [1.82, 2.24) is 4.90 Å². The molecule has 0 radical (unpaired) electrons. The van der Waals surface area contributed by atoms with Gasteiger partial charge in [0.1, 0.15) is 17.6 Å². The Bertz CT molecular complexity index is 767. The summed E-state index contributed by atoms with van der Waals surface area (Å²) in [6.45, 7) is 4.74. The van der Waals surface area contributed by atoms with E-state index in [1.54, 1.807) is 18.2 Å². The summed E-state index contributed by atoms with van der Waals surface area (Å²) in [5.74, 6) is 0.273. The van der Waals surface area contributed by atoms with Gasteiger partial charge < -0.3 is 14.4 Å². The number of ketones is 1. The van der Waals surface area contributed by atoms with Gasteiger partial charge in [-0.05, 0) is 57.6 Å². The molecule has 2 rings (SSSR count). The molecule has 0 saturated heterocycles. The normalized spacial score (nSPS) is 11.6. The van der Waals surface area contributed by atoms with E-state index in [0.29, 0.717) is 23.0 Å². The Morgan fingerprint density at radius 3 is 2.03 bits per heavy atom. The summed E-state index contributed by atoms with van der Waals surface area (Å²) in [4.78, 5) is 15.0. The highest BCUT2D eigenvalue weighted by Crippen LogP contribution is 2.26. The average Bonchev–Trinajstić information content (AvgIpc) is 3.20. The van der Waals surface area contributed by atoms with E-state index in [0.717, 1.165) is 12.8 Å². The lowest BCUT2D eigenvalue weighted by atomic mass is 10.0. The van der Waals surface area contributed by atoms with Crippen LogP contribution in [0.4, 0.5) is 0 Å². The Morgan fingerprint density at radius 1 is 0.844 bits per heavy atom. The van der Waals surface area contributed by atoms with E-state index in [4.69, 9.17) is 4.42 Å². The molecule has 2 aromatic rings. The van der Waals surface area contributed by atoms with Crippen LogP contribution in [-0.2, 0) is 0 Å². The molecule has 4 heteroatoms. The second kappa shape index (κ2) is 15.9. The van der Waals surface area contributed by atoms with Gasteiger partial charge in [-0.1, -0.05) is 77.6 Å². The molecule has 1 N–H and O–H groups in total. The molecular formula is C28H45NO3. The van der Waals surface area contributed by atoms with Gasteiger partial charge in [-0.15, -0.1) is 0 Å². The van der Waals surface area contributed by atoms with Gasteiger partial charge in [-0.3, -0.25) is 4.79 Å². The molecule has 0 aliphatic heterocycles. The lowest BCUT2D eigenvalue weighted by Gasteiger charge is -2.16. The van der Waals surface area contributed by atoms with E-state index in [9.17, 15) is 9.90 Å². The molecule has 0 bridgehead atoms. The average molecular weight is 444 g/mol. The molecular weight excluding hydrogens is 398 g/mol. The van der Waals surface area contributed by atoms with Gasteiger partial charge in [-0.2, -0.15) is 0 Å². The predicted octanol–water partition coefficient (Wildman–Crippen LogP) is 8.12. The topological polar surface area (TPSA) is 53.7 Å². The van der Waals surface area contributed by atoms with Gasteiger partial charge in [-0.25, -0.2) is 0 Å². The highest BCUT2D eigenvalue weighted by Gasteiger charge is 2.13. The van der Waals surface area contributed by atoms with Crippen LogP contribution in [0, 0.1) is 0 Å². The van der Waals surface area contributed by atoms with Crippen LogP contribution in [0.5, 0.6) is 5.75 Å². The number of phenols is 1. The summed E-state index contributed by atoms with van der Waals surface area (Å²) in [5.41, 5.74) is 1.25. The molecule has 1 aromatic heterocycles. The van der Waals surface area contributed by atoms with E-state index >= 15 is 0 Å². The summed E-state index contributed by atoms with van der Waals surface area (Å²) in [7, 11) is 2.26. The molecule has 32 heavy (non-hydrogen) atoms. The van der Waals surface area contributed by atoms with Crippen LogP contribution in [0.3, 0.4) is 0 Å². The fourth-order valence-corrected chi connectivity index (χ4v) is 4.37. The molecule has 1 aromatic carbocycles. The van der Waals surface area contributed by atoms with Gasteiger partial charge >= 0.3 is 0 Å². The Morgan fingerprint density at radius 2 is 1.41 bits per heavy atom. The zero-order chi connectivity index (χ0) is 23.0. The van der Waals surface area contributed by atoms with Crippen molar-refractivity contribution in [3.8, 4) is 5.75 Å². The van der Waals surface area contributed by atoms with E-state index in [1.807, 2.05) is 0 Å². The number of hydrogen-bond acceptors (Lipinski definition) is 4. The molecule has 0 unspecified atom stereocenters. The Balaban J connectivity index is 1.42. The van der Waals surface area contributed by atoms with Gasteiger partial charge in [0.05, 0.1) is 5.56 Å². The van der Waals surface area contributed by atoms with Crippen molar-refractivity contribution in [3.63, 3.8) is 0 Å². The maximum atomic E-state index is 12.5. The molecule has 0 fully saturated rings. The van der Waals surface area contributed by atoms with E-state index in [2.05, 4.69) is 18.9 Å². The Hall–Kier alpha value is -1.81. The lowest BCUT2D eigenvalue weighted by molar-refractivity contribution is 0.0980. The molecule has 4 nitrogen and oxygen atoms in total. The lowest BCUT2D eigenvalue weighted by Crippen LogP contribution is -2.20. The highest BCUT2D eigenvalue weighted by atomic mass is 16.3. The zero-order valence-corrected chi connectivity index (χ0v) is 20.5. The second-order valence-corrected chi connectivity index (χ2v) is 9.40. The molecule has 180 valence electrons. The maximum Gasteiger partial charge on any atom is 0.166 e. The first-order chi connectivity index (χ1) is 15.6. The van der Waals surface area contributed by atoms with E-state index in [-0.39, 0.29) is 11.5 Å². The number of furan rings is 1. The van der Waals surface area contributed by atoms with Crippen LogP contribution in [0.25, 0.3) is 11.0 Å². The van der Waals surface area contributed by atoms with Crippen LogP contribution < -0.4 is 0 Å². The van der Waals surface area contributed by atoms with Gasteiger partial charge in [0, 0.05) is 11.8 Å². The number of hydrogen-bond donors (Lipinski definition) is 1. The first-order valence-corrected chi connectivity index (χ1v) is 13.0. The predicted molar refractivity (Wildman–Crippen MR) is 135 cm³/mol. The summed E-state index contributed by atoms with van der Waals surface area (Å²) >= 11 is 0. The van der Waals surface area contributed by atoms with E-state index in [1.165, 1.54) is 96.4 Å². The minimum absolute atomic E-state index is 0.110. The highest BCUT2D eigenvalue weighted by molar-refractivity contribution is 6.07. The molecule has 0 aliphatic carbocycles. The molecule has 0 saturated carbocycles. The van der Waals surface area contributed by atoms with Crippen LogP contribution in [0.2, 0.25) is 0 Å². The van der Waals surface area contributed by atoms with Crippen LogP contribution in [0.15, 0.2) is 28.9 Å². The molecule has 0 amide bonds. The summed E-state index contributed by atoms with van der Waals surface area (Å²) in [6.07, 6.45) is 20.2. The molecule has 0 spiro atoms. The van der Waals surface area contributed by atoms with E-state index < -0.39 is 0 Å². The van der Waals surface area contributed by atoms with Gasteiger partial charge in [0.25, 0.3) is 0 Å². The number of fused-ring (bicyclic) bond motifs is 1. The number of carbonyl (C=O) groups is 1. The van der Waals surface area contributed by atoms with Gasteiger partial charge in [0.15, 0.2) is 5.78 Å². The quantitative estimate of drug-likeness (QED) is 0.176. The van der Waals surface area contributed by atoms with Crippen LogP contribution in [-0.4, -0.2) is 35.9 Å². The number of Topliss-reactive ketones (excluding diaryl/α,β-unsaturated/α-hetero) is 1. The summed E-state index contributed by atoms with van der Waals surface area (Å²) in [6, 6.07) is 4.89. The second-order valence-electron chi connectivity index (χ2n) is 9.40. The number of phenolic OH excluding ortho intramolecular Hbond substituents is 1. The first kappa shape index (κ1) is 26.4. The zero-order valence-electron chi connectivity index (χ0n) is 20.5. The smallest absolute Gasteiger partial charge is 0.166 e. The van der Waals surface area contributed by atoms with Crippen molar-refractivity contribution in [2.24, 2.45) is 0 Å². The fraction of sp³-hybridized carbons (Fsp3) is 0.679. The first-order valence-electron chi connectivity index (χ1n) is 13.0. The third-order valence-electron chi connectivity index (χ3n) is 6.44. The Labute approximate surface area is 195 Å². The third-order valence-corrected chi connectivity index (χ3v) is 6.44. The SMILES string of the molecule is CCCCCCCCCN(C)CCCCCCCCCC(=O)c1coc2ccc(O)cc12. The van der Waals surface area contributed by atoms with Crippen LogP contribution >= 0.6 is 0 Å². The monoisotopic (exact) mass is 443 g/mol. The third kappa shape index (κ3) is 10.2. The number of carbonyl (C=O) groups excluding carboxylic acids is 1.